The summed E-state index contributed by atoms with van der Waals surface area (Å²) >= 11 is 1.77. The quantitative estimate of drug-likeness (QED) is 0.761. The first kappa shape index (κ1) is 17.7. The van der Waals surface area contributed by atoms with Gasteiger partial charge in [-0.25, -0.2) is 0 Å². The molecule has 1 saturated heterocycles. The summed E-state index contributed by atoms with van der Waals surface area (Å²) in [6, 6.07) is 2.26. The zero-order chi connectivity index (χ0) is 18.3. The molecule has 0 spiro atoms. The van der Waals surface area contributed by atoms with Crippen LogP contribution in [0.1, 0.15) is 61.9 Å². The topological polar surface area (TPSA) is 57.7 Å². The van der Waals surface area contributed by atoms with E-state index in [2.05, 4.69) is 18.4 Å². The maximum absolute atomic E-state index is 12.9. The smallest absolute Gasteiger partial charge is 0.233 e. The Balaban J connectivity index is 1.41. The zero-order valence-electron chi connectivity index (χ0n) is 15.3. The number of amides is 3. The van der Waals surface area contributed by atoms with Crippen molar-refractivity contribution in [3.63, 3.8) is 0 Å². The molecular weight excluding hydrogens is 348 g/mol. The van der Waals surface area contributed by atoms with Crippen molar-refractivity contribution in [3.8, 4) is 0 Å². The molecule has 5 nitrogen and oxygen atoms in total. The molecular formula is C20H26N2O3S. The highest BCUT2D eigenvalue weighted by atomic mass is 32.1. The van der Waals surface area contributed by atoms with Gasteiger partial charge in [0.2, 0.25) is 17.7 Å². The van der Waals surface area contributed by atoms with Crippen molar-refractivity contribution in [1.29, 1.82) is 0 Å². The van der Waals surface area contributed by atoms with E-state index >= 15 is 0 Å². The van der Waals surface area contributed by atoms with Gasteiger partial charge in [-0.05, 0) is 42.7 Å². The summed E-state index contributed by atoms with van der Waals surface area (Å²) in [5, 5.41) is 2.10. The second-order valence-electron chi connectivity index (χ2n) is 7.64. The minimum Gasteiger partial charge on any atom is -0.335 e. The van der Waals surface area contributed by atoms with Gasteiger partial charge < -0.3 is 4.90 Å². The molecule has 0 radical (unpaired) electrons. The number of fused-ring (bicyclic) bond motifs is 2. The molecule has 0 N–H and O–H groups in total. The number of hydrogen-bond acceptors (Lipinski definition) is 4. The Hall–Kier alpha value is -1.69. The normalized spacial score (nSPS) is 28.3. The number of rotatable bonds is 4. The monoisotopic (exact) mass is 374 g/mol. The van der Waals surface area contributed by atoms with Crippen LogP contribution in [0, 0.1) is 11.8 Å². The summed E-state index contributed by atoms with van der Waals surface area (Å²) in [6.45, 7) is 3.08. The number of nitrogens with zero attached hydrogens (tertiary/aromatic N) is 2. The molecule has 2 aliphatic heterocycles. The van der Waals surface area contributed by atoms with Gasteiger partial charge in [0.1, 0.15) is 0 Å². The van der Waals surface area contributed by atoms with E-state index in [-0.39, 0.29) is 48.6 Å². The summed E-state index contributed by atoms with van der Waals surface area (Å²) in [4.78, 5) is 42.7. The van der Waals surface area contributed by atoms with Crippen LogP contribution >= 0.6 is 11.3 Å². The maximum Gasteiger partial charge on any atom is 0.233 e. The number of carbonyl (C=O) groups is 3. The van der Waals surface area contributed by atoms with Gasteiger partial charge in [0.05, 0.1) is 17.9 Å². The van der Waals surface area contributed by atoms with Gasteiger partial charge in [0.25, 0.3) is 0 Å². The first-order valence-electron chi connectivity index (χ1n) is 9.82. The molecule has 0 aromatic carbocycles. The number of thiophene rings is 1. The molecule has 140 valence electrons. The predicted octanol–water partition coefficient (Wildman–Crippen LogP) is 3.15. The molecule has 6 heteroatoms. The largest absolute Gasteiger partial charge is 0.335 e. The Labute approximate surface area is 158 Å². The number of likely N-dealkylation sites (tertiary alicyclic amines) is 1. The van der Waals surface area contributed by atoms with Gasteiger partial charge in [0.15, 0.2) is 0 Å². The molecule has 1 aliphatic carbocycles. The summed E-state index contributed by atoms with van der Waals surface area (Å²) in [7, 11) is 0. The highest BCUT2D eigenvalue weighted by Gasteiger charge is 2.48. The Kier molecular flexibility index (Phi) is 4.86. The van der Waals surface area contributed by atoms with Gasteiger partial charge in [-0.2, -0.15) is 0 Å². The van der Waals surface area contributed by atoms with Crippen molar-refractivity contribution in [1.82, 2.24) is 9.80 Å². The number of imide groups is 1. The standard InChI is InChI=1S/C20H26N2O3S/c1-2-16-15-9-12-26-17(15)7-10-21(16)18(23)8-11-22-19(24)13-5-3-4-6-14(13)20(22)25/h9,12-14,16H,2-8,10-11H2,1H3/t13-,14+,16-/m1/s1. The second kappa shape index (κ2) is 7.14. The summed E-state index contributed by atoms with van der Waals surface area (Å²) < 4.78 is 0. The molecule has 0 unspecified atom stereocenters. The number of carbonyl (C=O) groups excluding carboxylic acids is 3. The molecule has 0 bridgehead atoms. The molecule has 2 fully saturated rings. The molecule has 4 rings (SSSR count). The minimum atomic E-state index is -0.127. The van der Waals surface area contributed by atoms with E-state index in [4.69, 9.17) is 0 Å². The van der Waals surface area contributed by atoms with Crippen molar-refractivity contribution in [3.05, 3.63) is 21.9 Å². The third-order valence-corrected chi connectivity index (χ3v) is 7.28. The first-order chi connectivity index (χ1) is 12.6. The average Bonchev–Trinajstić information content (AvgIpc) is 3.23. The molecule has 3 aliphatic rings. The van der Waals surface area contributed by atoms with Crippen LogP contribution in [0.4, 0.5) is 0 Å². The van der Waals surface area contributed by atoms with Crippen LogP contribution in [0.5, 0.6) is 0 Å². The lowest BCUT2D eigenvalue weighted by atomic mass is 9.81. The third kappa shape index (κ3) is 2.88. The van der Waals surface area contributed by atoms with Gasteiger partial charge >= 0.3 is 0 Å². The van der Waals surface area contributed by atoms with Crippen LogP contribution in [0.15, 0.2) is 11.4 Å². The minimum absolute atomic E-state index is 0.0432. The SMILES string of the molecule is CC[C@@H]1c2ccsc2CCN1C(=O)CCN1C(=O)[C@H]2CCCC[C@H]2C1=O. The molecule has 3 amide bonds. The van der Waals surface area contributed by atoms with E-state index in [1.807, 2.05) is 4.90 Å². The Bertz CT molecular complexity index is 704. The van der Waals surface area contributed by atoms with Crippen molar-refractivity contribution < 1.29 is 14.4 Å². The Morgan fingerprint density at radius 3 is 2.54 bits per heavy atom. The lowest BCUT2D eigenvalue weighted by molar-refractivity contribution is -0.141. The molecule has 3 heterocycles. The highest BCUT2D eigenvalue weighted by Crippen LogP contribution is 2.38. The predicted molar refractivity (Wildman–Crippen MR) is 99.6 cm³/mol. The average molecular weight is 375 g/mol. The summed E-state index contributed by atoms with van der Waals surface area (Å²) in [5.74, 6) is -0.281. The second-order valence-corrected chi connectivity index (χ2v) is 8.64. The van der Waals surface area contributed by atoms with Crippen molar-refractivity contribution >= 4 is 29.1 Å². The fourth-order valence-corrected chi connectivity index (χ4v) is 5.87. The first-order valence-corrected chi connectivity index (χ1v) is 10.7. The van der Waals surface area contributed by atoms with Crippen molar-refractivity contribution in [2.75, 3.05) is 13.1 Å². The van der Waals surface area contributed by atoms with E-state index in [9.17, 15) is 14.4 Å². The zero-order valence-corrected chi connectivity index (χ0v) is 16.1. The lowest BCUT2D eigenvalue weighted by Crippen LogP contribution is -2.41. The van der Waals surface area contributed by atoms with Gasteiger partial charge in [-0.3, -0.25) is 19.3 Å². The van der Waals surface area contributed by atoms with Crippen LogP contribution in [-0.4, -0.2) is 40.6 Å². The highest BCUT2D eigenvalue weighted by molar-refractivity contribution is 7.10. The van der Waals surface area contributed by atoms with Crippen molar-refractivity contribution in [2.24, 2.45) is 11.8 Å². The molecule has 26 heavy (non-hydrogen) atoms. The van der Waals surface area contributed by atoms with Gasteiger partial charge in [-0.1, -0.05) is 19.8 Å². The lowest BCUT2D eigenvalue weighted by Gasteiger charge is -2.35. The molecule has 1 aromatic heterocycles. The van der Waals surface area contributed by atoms with E-state index in [0.717, 1.165) is 45.1 Å². The van der Waals surface area contributed by atoms with Gasteiger partial charge in [-0.15, -0.1) is 11.3 Å². The third-order valence-electron chi connectivity index (χ3n) is 6.28. The molecule has 3 atom stereocenters. The summed E-state index contributed by atoms with van der Waals surface area (Å²) in [5.41, 5.74) is 1.27. The Morgan fingerprint density at radius 2 is 1.88 bits per heavy atom. The van der Waals surface area contributed by atoms with E-state index in [0.29, 0.717) is 0 Å². The van der Waals surface area contributed by atoms with E-state index in [1.165, 1.54) is 15.3 Å². The van der Waals surface area contributed by atoms with Crippen LogP contribution in [0.2, 0.25) is 0 Å². The number of hydrogen-bond donors (Lipinski definition) is 0. The van der Waals surface area contributed by atoms with Crippen LogP contribution in [0.25, 0.3) is 0 Å². The summed E-state index contributed by atoms with van der Waals surface area (Å²) in [6.07, 6.45) is 5.74. The van der Waals surface area contributed by atoms with Crippen LogP contribution in [-0.2, 0) is 20.8 Å². The maximum atomic E-state index is 12.9. The fraction of sp³-hybridized carbons (Fsp3) is 0.650. The van der Waals surface area contributed by atoms with Crippen LogP contribution < -0.4 is 0 Å². The fourth-order valence-electron chi connectivity index (χ4n) is 4.94. The van der Waals surface area contributed by atoms with E-state index < -0.39 is 0 Å². The molecule has 1 saturated carbocycles. The Morgan fingerprint density at radius 1 is 1.19 bits per heavy atom. The van der Waals surface area contributed by atoms with E-state index in [1.54, 1.807) is 11.3 Å². The van der Waals surface area contributed by atoms with Crippen LogP contribution in [0.3, 0.4) is 0 Å². The van der Waals surface area contributed by atoms with Crippen molar-refractivity contribution in [2.45, 2.75) is 57.9 Å². The van der Waals surface area contributed by atoms with Gasteiger partial charge in [0, 0.05) is 24.4 Å². The molecule has 1 aromatic rings.